The molecule has 0 N–H and O–H groups in total. The van der Waals surface area contributed by atoms with E-state index in [1.54, 1.807) is 4.90 Å². The van der Waals surface area contributed by atoms with Crippen LogP contribution in [0, 0.1) is 0 Å². The van der Waals surface area contributed by atoms with Gasteiger partial charge in [-0.15, -0.1) is 0 Å². The first-order valence-electron chi connectivity index (χ1n) is 10.8. The molecule has 198 valence electrons. The molecule has 0 spiro atoms. The van der Waals surface area contributed by atoms with E-state index in [4.69, 9.17) is 4.74 Å². The molecule has 1 aliphatic heterocycles. The van der Waals surface area contributed by atoms with Crippen molar-refractivity contribution in [3.8, 4) is 5.75 Å². The number of hydrogen-bond acceptors (Lipinski definition) is 4. The number of halogens is 9. The lowest BCUT2D eigenvalue weighted by Crippen LogP contribution is -2.52. The minimum absolute atomic E-state index is 0.0572. The lowest BCUT2D eigenvalue weighted by molar-refractivity contribution is -0.308. The van der Waals surface area contributed by atoms with E-state index in [0.29, 0.717) is 18.4 Å². The standard InChI is InChI=1S/C21H23F9N2O3/c22-19(23,24)14-6-5-13(16(11-14)34-15-3-1-2-4-15)12-31-7-9-32(10-8-31)18(33)35-17(20(25,26)27)21(28,29)30/h5-6,11,15,17H,1-4,7-10,12H2. The molecule has 0 atom stereocenters. The molecule has 2 fully saturated rings. The van der Waals surface area contributed by atoms with E-state index in [2.05, 4.69) is 4.74 Å². The summed E-state index contributed by atoms with van der Waals surface area (Å²) in [4.78, 5) is 14.3. The number of ether oxygens (including phenoxy) is 2. The van der Waals surface area contributed by atoms with Crippen LogP contribution in [-0.2, 0) is 17.5 Å². The molecule has 1 saturated heterocycles. The number of piperazine rings is 1. The zero-order valence-corrected chi connectivity index (χ0v) is 18.3. The van der Waals surface area contributed by atoms with Gasteiger partial charge in [-0.2, -0.15) is 39.5 Å². The predicted molar refractivity (Wildman–Crippen MR) is 104 cm³/mol. The molecule has 1 saturated carbocycles. The fraction of sp³-hybridized carbons (Fsp3) is 0.667. The van der Waals surface area contributed by atoms with Crippen LogP contribution in [0.1, 0.15) is 36.8 Å². The van der Waals surface area contributed by atoms with Gasteiger partial charge < -0.3 is 14.4 Å². The Morgan fingerprint density at radius 3 is 2.00 bits per heavy atom. The van der Waals surface area contributed by atoms with Gasteiger partial charge in [-0.25, -0.2) is 4.79 Å². The molecule has 5 nitrogen and oxygen atoms in total. The van der Waals surface area contributed by atoms with Gasteiger partial charge in [0.05, 0.1) is 11.7 Å². The number of benzene rings is 1. The van der Waals surface area contributed by atoms with Crippen molar-refractivity contribution in [3.63, 3.8) is 0 Å². The molecule has 0 radical (unpaired) electrons. The molecule has 1 aliphatic carbocycles. The average Bonchev–Trinajstić information content (AvgIpc) is 3.24. The Morgan fingerprint density at radius 1 is 0.914 bits per heavy atom. The Morgan fingerprint density at radius 2 is 1.49 bits per heavy atom. The lowest BCUT2D eigenvalue weighted by Gasteiger charge is -2.35. The van der Waals surface area contributed by atoms with Crippen LogP contribution in [-0.4, -0.2) is 66.6 Å². The van der Waals surface area contributed by atoms with Gasteiger partial charge in [0.1, 0.15) is 5.75 Å². The number of amides is 1. The molecular formula is C21H23F9N2O3. The first-order chi connectivity index (χ1) is 16.1. The van der Waals surface area contributed by atoms with Crippen LogP contribution < -0.4 is 4.74 Å². The molecule has 1 aromatic rings. The van der Waals surface area contributed by atoms with Crippen molar-refractivity contribution in [2.45, 2.75) is 63.0 Å². The highest BCUT2D eigenvalue weighted by Crippen LogP contribution is 2.37. The monoisotopic (exact) mass is 522 g/mol. The van der Waals surface area contributed by atoms with Crippen molar-refractivity contribution in [3.05, 3.63) is 29.3 Å². The third-order valence-corrected chi connectivity index (χ3v) is 5.83. The molecule has 0 unspecified atom stereocenters. The van der Waals surface area contributed by atoms with Crippen molar-refractivity contribution in [2.24, 2.45) is 0 Å². The molecular weight excluding hydrogens is 499 g/mol. The third-order valence-electron chi connectivity index (χ3n) is 5.83. The summed E-state index contributed by atoms with van der Waals surface area (Å²) in [7, 11) is 0. The quantitative estimate of drug-likeness (QED) is 0.461. The maximum absolute atomic E-state index is 13.2. The molecule has 14 heteroatoms. The van der Waals surface area contributed by atoms with Crippen LogP contribution >= 0.6 is 0 Å². The van der Waals surface area contributed by atoms with E-state index >= 15 is 0 Å². The smallest absolute Gasteiger partial charge is 0.434 e. The average molecular weight is 522 g/mol. The Hall–Kier alpha value is -2.38. The number of nitrogens with zero attached hydrogens (tertiary/aromatic N) is 2. The summed E-state index contributed by atoms with van der Waals surface area (Å²) in [5.41, 5.74) is -0.416. The Balaban J connectivity index is 1.63. The van der Waals surface area contributed by atoms with Crippen molar-refractivity contribution >= 4 is 6.09 Å². The number of rotatable bonds is 5. The predicted octanol–water partition coefficient (Wildman–Crippen LogP) is 5.77. The van der Waals surface area contributed by atoms with E-state index in [9.17, 15) is 44.3 Å². The van der Waals surface area contributed by atoms with E-state index in [1.807, 2.05) is 0 Å². The first kappa shape index (κ1) is 27.2. The molecule has 2 aliphatic rings. The summed E-state index contributed by atoms with van der Waals surface area (Å²) in [6.45, 7) is -0.207. The normalized spacial score (nSPS) is 18.9. The maximum atomic E-state index is 13.2. The number of alkyl halides is 9. The van der Waals surface area contributed by atoms with Crippen LogP contribution in [0.3, 0.4) is 0 Å². The lowest BCUT2D eigenvalue weighted by atomic mass is 10.1. The molecule has 0 aromatic heterocycles. The number of carbonyl (C=O) groups excluding carboxylic acids is 1. The fourth-order valence-electron chi connectivity index (χ4n) is 3.98. The summed E-state index contributed by atoms with van der Waals surface area (Å²) in [6.07, 6.45) is -19.1. The van der Waals surface area contributed by atoms with Gasteiger partial charge in [-0.1, -0.05) is 6.07 Å². The number of carbonyl (C=O) groups is 1. The zero-order valence-electron chi connectivity index (χ0n) is 18.3. The van der Waals surface area contributed by atoms with Crippen LogP contribution in [0.25, 0.3) is 0 Å². The zero-order chi connectivity index (χ0) is 26.0. The third kappa shape index (κ3) is 7.31. The van der Waals surface area contributed by atoms with Crippen molar-refractivity contribution < 1.29 is 53.8 Å². The summed E-state index contributed by atoms with van der Waals surface area (Å²) in [5, 5.41) is 0. The Kier molecular flexibility index (Phi) is 8.02. The fourth-order valence-corrected chi connectivity index (χ4v) is 3.98. The van der Waals surface area contributed by atoms with Crippen LogP contribution in [0.15, 0.2) is 18.2 Å². The summed E-state index contributed by atoms with van der Waals surface area (Å²) in [5.74, 6) is 0.0757. The van der Waals surface area contributed by atoms with Gasteiger partial charge in [0.25, 0.3) is 6.10 Å². The van der Waals surface area contributed by atoms with Crippen molar-refractivity contribution in [1.82, 2.24) is 9.80 Å². The minimum atomic E-state index is -5.81. The molecule has 1 aromatic carbocycles. The summed E-state index contributed by atoms with van der Waals surface area (Å²) >= 11 is 0. The largest absolute Gasteiger partial charge is 0.490 e. The molecule has 35 heavy (non-hydrogen) atoms. The highest BCUT2D eigenvalue weighted by Gasteiger charge is 2.60. The molecule has 1 heterocycles. The van der Waals surface area contributed by atoms with Gasteiger partial charge >= 0.3 is 24.6 Å². The van der Waals surface area contributed by atoms with Gasteiger partial charge in [0, 0.05) is 38.3 Å². The molecule has 3 rings (SSSR count). The SMILES string of the molecule is O=C(OC(C(F)(F)F)C(F)(F)F)N1CCN(Cc2ccc(C(F)(F)F)cc2OC2CCCC2)CC1. The van der Waals surface area contributed by atoms with Gasteiger partial charge in [0.2, 0.25) is 0 Å². The maximum Gasteiger partial charge on any atom is 0.434 e. The summed E-state index contributed by atoms with van der Waals surface area (Å²) in [6, 6.07) is 3.12. The molecule has 0 bridgehead atoms. The second-order valence-corrected chi connectivity index (χ2v) is 8.45. The second-order valence-electron chi connectivity index (χ2n) is 8.45. The topological polar surface area (TPSA) is 42.0 Å². The van der Waals surface area contributed by atoms with Crippen LogP contribution in [0.4, 0.5) is 44.3 Å². The summed E-state index contributed by atoms with van der Waals surface area (Å²) < 4.78 is 125. The van der Waals surface area contributed by atoms with Gasteiger partial charge in [-0.3, -0.25) is 4.90 Å². The van der Waals surface area contributed by atoms with E-state index < -0.39 is 36.3 Å². The van der Waals surface area contributed by atoms with Gasteiger partial charge in [0.15, 0.2) is 0 Å². The Labute approximate surface area is 194 Å². The molecule has 1 amide bonds. The van der Waals surface area contributed by atoms with E-state index in [1.165, 1.54) is 6.07 Å². The van der Waals surface area contributed by atoms with E-state index in [-0.39, 0.29) is 44.6 Å². The minimum Gasteiger partial charge on any atom is -0.490 e. The highest BCUT2D eigenvalue weighted by molar-refractivity contribution is 5.68. The highest BCUT2D eigenvalue weighted by atomic mass is 19.4. The van der Waals surface area contributed by atoms with Crippen molar-refractivity contribution in [2.75, 3.05) is 26.2 Å². The van der Waals surface area contributed by atoms with Crippen molar-refractivity contribution in [1.29, 1.82) is 0 Å². The second kappa shape index (κ2) is 10.3. The number of hydrogen-bond donors (Lipinski definition) is 0. The first-order valence-corrected chi connectivity index (χ1v) is 10.8. The van der Waals surface area contributed by atoms with Crippen LogP contribution in [0.5, 0.6) is 5.75 Å². The van der Waals surface area contributed by atoms with Crippen LogP contribution in [0.2, 0.25) is 0 Å². The van der Waals surface area contributed by atoms with E-state index in [0.717, 1.165) is 29.9 Å². The van der Waals surface area contributed by atoms with Gasteiger partial charge in [-0.05, 0) is 37.8 Å². The Bertz CT molecular complexity index is 858.